The lowest BCUT2D eigenvalue weighted by Crippen LogP contribution is -2.24. The van der Waals surface area contributed by atoms with Gasteiger partial charge < -0.3 is 5.32 Å². The van der Waals surface area contributed by atoms with Crippen LogP contribution in [0.4, 0.5) is 18.9 Å². The summed E-state index contributed by atoms with van der Waals surface area (Å²) in [5, 5.41) is 13.1. The Balaban J connectivity index is 2.11. The molecule has 0 unspecified atom stereocenters. The van der Waals surface area contributed by atoms with Gasteiger partial charge in [-0.15, -0.1) is 0 Å². The van der Waals surface area contributed by atoms with E-state index >= 15 is 0 Å². The van der Waals surface area contributed by atoms with E-state index in [1.807, 2.05) is 0 Å². The van der Waals surface area contributed by atoms with Crippen molar-refractivity contribution in [2.75, 3.05) is 6.54 Å². The Hall–Kier alpha value is -3.05. The number of rotatable bonds is 3. The number of carbonyl (C=O) groups excluding carboxylic acids is 1. The molecule has 0 saturated carbocycles. The molecule has 134 valence electrons. The lowest BCUT2D eigenvalue weighted by atomic mass is 10.1. The number of non-ortho nitro benzene ring substituents is 1. The lowest BCUT2D eigenvalue weighted by molar-refractivity contribution is -0.384. The van der Waals surface area contributed by atoms with Crippen LogP contribution in [-0.2, 0) is 6.18 Å². The summed E-state index contributed by atoms with van der Waals surface area (Å²) in [7, 11) is 0. The highest BCUT2D eigenvalue weighted by molar-refractivity contribution is 6.33. The first kappa shape index (κ1) is 19.3. The normalized spacial score (nSPS) is 10.6. The predicted molar refractivity (Wildman–Crippen MR) is 88.8 cm³/mol. The second-order valence-corrected chi connectivity index (χ2v) is 5.36. The Bertz CT molecular complexity index is 917. The van der Waals surface area contributed by atoms with Crippen LogP contribution in [0.5, 0.6) is 0 Å². The Morgan fingerprint density at radius 1 is 1.23 bits per heavy atom. The number of nitro benzene ring substituents is 1. The minimum atomic E-state index is -4.54. The minimum Gasteiger partial charge on any atom is -0.341 e. The monoisotopic (exact) mass is 382 g/mol. The largest absolute Gasteiger partial charge is 0.417 e. The number of hydrogen-bond acceptors (Lipinski definition) is 3. The van der Waals surface area contributed by atoms with E-state index in [2.05, 4.69) is 17.2 Å². The van der Waals surface area contributed by atoms with Crippen molar-refractivity contribution in [2.24, 2.45) is 0 Å². The Labute approximate surface area is 150 Å². The maximum Gasteiger partial charge on any atom is 0.417 e. The summed E-state index contributed by atoms with van der Waals surface area (Å²) in [6, 6.07) is 8.15. The van der Waals surface area contributed by atoms with Crippen molar-refractivity contribution < 1.29 is 22.9 Å². The van der Waals surface area contributed by atoms with Gasteiger partial charge in [0.2, 0.25) is 0 Å². The Morgan fingerprint density at radius 2 is 1.92 bits per heavy atom. The molecule has 26 heavy (non-hydrogen) atoms. The van der Waals surface area contributed by atoms with Crippen LogP contribution in [0.1, 0.15) is 21.5 Å². The van der Waals surface area contributed by atoms with Gasteiger partial charge in [0, 0.05) is 17.7 Å². The first-order valence-electron chi connectivity index (χ1n) is 7.07. The standard InChI is InChI=1S/C17H10ClF3N2O3/c18-15-8-7-12(23(25)26)10-13(15)16(24)22-9-3-5-11-4-1-2-6-14(11)17(19,20)21/h1-2,4,6-8,10H,9H2,(H,22,24). The fraction of sp³-hybridized carbons (Fsp3) is 0.118. The zero-order valence-corrected chi connectivity index (χ0v) is 13.7. The third-order valence-electron chi connectivity index (χ3n) is 3.20. The van der Waals surface area contributed by atoms with Crippen LogP contribution >= 0.6 is 11.6 Å². The smallest absolute Gasteiger partial charge is 0.341 e. The van der Waals surface area contributed by atoms with E-state index in [-0.39, 0.29) is 28.4 Å². The molecule has 5 nitrogen and oxygen atoms in total. The van der Waals surface area contributed by atoms with Gasteiger partial charge in [0.1, 0.15) is 0 Å². The average Bonchev–Trinajstić information content (AvgIpc) is 2.58. The molecule has 0 saturated heterocycles. The van der Waals surface area contributed by atoms with E-state index in [0.717, 1.165) is 18.2 Å². The molecule has 2 rings (SSSR count). The summed E-state index contributed by atoms with van der Waals surface area (Å²) < 4.78 is 38.5. The minimum absolute atomic E-state index is 0.00322. The molecule has 0 aliphatic rings. The maximum atomic E-state index is 12.8. The van der Waals surface area contributed by atoms with Crippen LogP contribution < -0.4 is 5.32 Å². The lowest BCUT2D eigenvalue weighted by Gasteiger charge is -2.08. The van der Waals surface area contributed by atoms with Crippen molar-refractivity contribution in [1.82, 2.24) is 5.32 Å². The summed E-state index contributed by atoms with van der Waals surface area (Å²) in [4.78, 5) is 22.1. The fourth-order valence-electron chi connectivity index (χ4n) is 2.00. The maximum absolute atomic E-state index is 12.8. The van der Waals surface area contributed by atoms with Crippen LogP contribution in [-0.4, -0.2) is 17.4 Å². The van der Waals surface area contributed by atoms with Crippen LogP contribution in [0, 0.1) is 22.0 Å². The molecule has 0 heterocycles. The van der Waals surface area contributed by atoms with Gasteiger partial charge in [-0.3, -0.25) is 14.9 Å². The van der Waals surface area contributed by atoms with Gasteiger partial charge >= 0.3 is 6.18 Å². The Kier molecular flexibility index (Phi) is 5.85. The molecule has 0 spiro atoms. The zero-order valence-electron chi connectivity index (χ0n) is 12.9. The van der Waals surface area contributed by atoms with Gasteiger partial charge in [-0.05, 0) is 18.2 Å². The summed E-state index contributed by atoms with van der Waals surface area (Å²) in [5.74, 6) is 4.03. The number of benzene rings is 2. The van der Waals surface area contributed by atoms with E-state index < -0.39 is 22.6 Å². The van der Waals surface area contributed by atoms with Crippen LogP contribution in [0.3, 0.4) is 0 Å². The highest BCUT2D eigenvalue weighted by atomic mass is 35.5. The van der Waals surface area contributed by atoms with E-state index in [0.29, 0.717) is 0 Å². The quantitative estimate of drug-likeness (QED) is 0.494. The molecule has 2 aromatic carbocycles. The van der Waals surface area contributed by atoms with Gasteiger partial charge in [-0.2, -0.15) is 13.2 Å². The zero-order chi connectivity index (χ0) is 19.3. The third-order valence-corrected chi connectivity index (χ3v) is 3.53. The average molecular weight is 383 g/mol. The molecule has 1 amide bonds. The summed E-state index contributed by atoms with van der Waals surface area (Å²) >= 11 is 5.83. The SMILES string of the molecule is O=C(NCC#Cc1ccccc1C(F)(F)F)c1cc([N+](=O)[O-])ccc1Cl. The highest BCUT2D eigenvalue weighted by Crippen LogP contribution is 2.31. The van der Waals surface area contributed by atoms with Crippen molar-refractivity contribution in [3.63, 3.8) is 0 Å². The number of halogens is 4. The first-order chi connectivity index (χ1) is 12.2. The predicted octanol–water partition coefficient (Wildman–Crippen LogP) is 4.05. The van der Waals surface area contributed by atoms with Crippen molar-refractivity contribution in [3.8, 4) is 11.8 Å². The molecular formula is C17H10ClF3N2O3. The molecule has 1 N–H and O–H groups in total. The van der Waals surface area contributed by atoms with Gasteiger partial charge in [0.25, 0.3) is 11.6 Å². The number of nitrogens with zero attached hydrogens (tertiary/aromatic N) is 1. The van der Waals surface area contributed by atoms with Crippen molar-refractivity contribution in [3.05, 3.63) is 74.3 Å². The highest BCUT2D eigenvalue weighted by Gasteiger charge is 2.32. The number of alkyl halides is 3. The fourth-order valence-corrected chi connectivity index (χ4v) is 2.20. The van der Waals surface area contributed by atoms with Gasteiger partial charge in [0.05, 0.1) is 27.6 Å². The van der Waals surface area contributed by atoms with E-state index in [1.165, 1.54) is 24.3 Å². The van der Waals surface area contributed by atoms with Gasteiger partial charge in [-0.1, -0.05) is 35.6 Å². The second kappa shape index (κ2) is 7.89. The van der Waals surface area contributed by atoms with E-state index in [9.17, 15) is 28.1 Å². The number of hydrogen-bond donors (Lipinski definition) is 1. The van der Waals surface area contributed by atoms with Gasteiger partial charge in [0.15, 0.2) is 0 Å². The molecule has 0 aliphatic carbocycles. The molecule has 0 bridgehead atoms. The number of nitro groups is 1. The number of carbonyl (C=O) groups is 1. The molecule has 0 radical (unpaired) electrons. The Morgan fingerprint density at radius 3 is 2.58 bits per heavy atom. The molecule has 0 atom stereocenters. The summed E-state index contributed by atoms with van der Waals surface area (Å²) in [6.07, 6.45) is -4.54. The van der Waals surface area contributed by atoms with Gasteiger partial charge in [-0.25, -0.2) is 0 Å². The second-order valence-electron chi connectivity index (χ2n) is 4.95. The van der Waals surface area contributed by atoms with Crippen LogP contribution in [0.15, 0.2) is 42.5 Å². The van der Waals surface area contributed by atoms with E-state index in [4.69, 9.17) is 11.6 Å². The first-order valence-corrected chi connectivity index (χ1v) is 7.45. The summed E-state index contributed by atoms with van der Waals surface area (Å²) in [5.41, 5.74) is -1.54. The number of amides is 1. The molecule has 0 aromatic heterocycles. The summed E-state index contributed by atoms with van der Waals surface area (Å²) in [6.45, 7) is -0.260. The van der Waals surface area contributed by atoms with Crippen LogP contribution in [0.25, 0.3) is 0 Å². The molecule has 2 aromatic rings. The van der Waals surface area contributed by atoms with Crippen LogP contribution in [0.2, 0.25) is 5.02 Å². The molecule has 0 fully saturated rings. The van der Waals surface area contributed by atoms with Crippen molar-refractivity contribution in [2.45, 2.75) is 6.18 Å². The van der Waals surface area contributed by atoms with E-state index in [1.54, 1.807) is 0 Å². The number of nitrogens with one attached hydrogen (secondary N) is 1. The van der Waals surface area contributed by atoms with Crippen molar-refractivity contribution in [1.29, 1.82) is 0 Å². The molecule has 0 aliphatic heterocycles. The topological polar surface area (TPSA) is 72.2 Å². The molecular weight excluding hydrogens is 373 g/mol. The third kappa shape index (κ3) is 4.74. The molecule has 9 heteroatoms. The van der Waals surface area contributed by atoms with Crippen molar-refractivity contribution >= 4 is 23.2 Å².